The van der Waals surface area contributed by atoms with Crippen LogP contribution >= 0.6 is 0 Å². The zero-order valence-electron chi connectivity index (χ0n) is 13.0. The van der Waals surface area contributed by atoms with Crippen LogP contribution in [-0.2, 0) is 17.5 Å². The highest BCUT2D eigenvalue weighted by atomic mass is 19.4. The van der Waals surface area contributed by atoms with E-state index in [0.29, 0.717) is 12.1 Å². The van der Waals surface area contributed by atoms with E-state index < -0.39 is 17.4 Å². The molecule has 0 bridgehead atoms. The topological polar surface area (TPSA) is 70.7 Å². The molecule has 2 rings (SSSR count). The Bertz CT molecular complexity index is 684. The van der Waals surface area contributed by atoms with Crippen molar-refractivity contribution >= 4 is 5.91 Å². The fraction of sp³-hybridized carbons (Fsp3) is 0.400. The molecule has 0 radical (unpaired) electrons. The predicted octanol–water partition coefficient (Wildman–Crippen LogP) is 3.15. The van der Waals surface area contributed by atoms with Gasteiger partial charge in [0.2, 0.25) is 11.7 Å². The highest BCUT2D eigenvalue weighted by molar-refractivity contribution is 5.81. The minimum atomic E-state index is -4.55. The average Bonchev–Trinajstić information content (AvgIpc) is 2.94. The Labute approximate surface area is 131 Å². The second-order valence-corrected chi connectivity index (χ2v) is 6.13. The summed E-state index contributed by atoms with van der Waals surface area (Å²) in [5, 5.41) is 8.23. The van der Waals surface area contributed by atoms with Crippen LogP contribution in [0.4, 0.5) is 13.2 Å². The van der Waals surface area contributed by atoms with Gasteiger partial charge in [0, 0.05) is 17.5 Å². The maximum Gasteiger partial charge on any atom is 0.451 e. The van der Waals surface area contributed by atoms with Crippen LogP contribution in [0.25, 0.3) is 11.4 Å². The van der Waals surface area contributed by atoms with E-state index in [4.69, 9.17) is 0 Å². The van der Waals surface area contributed by atoms with Gasteiger partial charge in [0.1, 0.15) is 0 Å². The Morgan fingerprint density at radius 1 is 1.17 bits per heavy atom. The Morgan fingerprint density at radius 3 is 2.26 bits per heavy atom. The van der Waals surface area contributed by atoms with Crippen molar-refractivity contribution in [3.8, 4) is 11.4 Å². The fourth-order valence-electron chi connectivity index (χ4n) is 1.74. The Balaban J connectivity index is 2.05. The van der Waals surface area contributed by atoms with Crippen molar-refractivity contribution in [3.05, 3.63) is 35.7 Å². The van der Waals surface area contributed by atoms with E-state index in [1.165, 1.54) is 0 Å². The minimum absolute atomic E-state index is 0.0254. The second kappa shape index (κ2) is 6.02. The zero-order chi connectivity index (χ0) is 17.3. The SMILES string of the molecule is CC(C)(C)C(=O)NCc1ccc(-c2n[nH]c(C(F)(F)F)n2)cc1. The first-order valence-electron chi connectivity index (χ1n) is 6.94. The van der Waals surface area contributed by atoms with Gasteiger partial charge in [-0.3, -0.25) is 9.89 Å². The first-order valence-corrected chi connectivity index (χ1v) is 6.94. The molecule has 0 fully saturated rings. The van der Waals surface area contributed by atoms with Crippen molar-refractivity contribution < 1.29 is 18.0 Å². The third-order valence-corrected chi connectivity index (χ3v) is 3.10. The summed E-state index contributed by atoms with van der Waals surface area (Å²) >= 11 is 0. The van der Waals surface area contributed by atoms with Gasteiger partial charge in [0.25, 0.3) is 0 Å². The van der Waals surface area contributed by atoms with Gasteiger partial charge in [-0.05, 0) is 5.56 Å². The van der Waals surface area contributed by atoms with Gasteiger partial charge in [-0.2, -0.15) is 18.3 Å². The number of alkyl halides is 3. The van der Waals surface area contributed by atoms with Gasteiger partial charge in [-0.15, -0.1) is 0 Å². The number of halogens is 3. The maximum absolute atomic E-state index is 12.5. The lowest BCUT2D eigenvalue weighted by atomic mass is 9.95. The number of H-pyrrole nitrogens is 1. The number of amides is 1. The highest BCUT2D eigenvalue weighted by Crippen LogP contribution is 2.27. The molecule has 8 heteroatoms. The summed E-state index contributed by atoms with van der Waals surface area (Å²) in [6.07, 6.45) is -4.55. The number of hydrogen-bond donors (Lipinski definition) is 2. The highest BCUT2D eigenvalue weighted by Gasteiger charge is 2.35. The molecule has 0 unspecified atom stereocenters. The number of aromatic amines is 1. The normalized spacial score (nSPS) is 12.3. The molecular formula is C15H17F3N4O. The predicted molar refractivity (Wildman–Crippen MR) is 78.1 cm³/mol. The first-order chi connectivity index (χ1) is 10.6. The quantitative estimate of drug-likeness (QED) is 0.910. The van der Waals surface area contributed by atoms with E-state index in [1.807, 2.05) is 25.9 Å². The van der Waals surface area contributed by atoms with Gasteiger partial charge in [0.05, 0.1) is 0 Å². The van der Waals surface area contributed by atoms with E-state index >= 15 is 0 Å². The molecular weight excluding hydrogens is 309 g/mol. The monoisotopic (exact) mass is 326 g/mol. The summed E-state index contributed by atoms with van der Waals surface area (Å²) in [7, 11) is 0. The van der Waals surface area contributed by atoms with Gasteiger partial charge < -0.3 is 5.32 Å². The zero-order valence-corrected chi connectivity index (χ0v) is 13.0. The number of hydrogen-bond acceptors (Lipinski definition) is 3. The Kier molecular flexibility index (Phi) is 4.44. The molecule has 2 aromatic rings. The lowest BCUT2D eigenvalue weighted by Gasteiger charge is -2.17. The van der Waals surface area contributed by atoms with Crippen LogP contribution in [0.1, 0.15) is 32.2 Å². The fourth-order valence-corrected chi connectivity index (χ4v) is 1.74. The Hall–Kier alpha value is -2.38. The molecule has 0 aliphatic carbocycles. The van der Waals surface area contributed by atoms with Crippen LogP contribution in [0.3, 0.4) is 0 Å². The van der Waals surface area contributed by atoms with Crippen molar-refractivity contribution in [2.24, 2.45) is 5.41 Å². The number of nitrogens with zero attached hydrogens (tertiary/aromatic N) is 2. The van der Waals surface area contributed by atoms with Crippen molar-refractivity contribution in [3.63, 3.8) is 0 Å². The van der Waals surface area contributed by atoms with Gasteiger partial charge in [0.15, 0.2) is 5.82 Å². The summed E-state index contributed by atoms with van der Waals surface area (Å²) in [5.41, 5.74) is 0.813. The third kappa shape index (κ3) is 4.30. The number of carbonyl (C=O) groups excluding carboxylic acids is 1. The molecule has 1 aromatic carbocycles. The van der Waals surface area contributed by atoms with Crippen LogP contribution < -0.4 is 5.32 Å². The van der Waals surface area contributed by atoms with E-state index in [2.05, 4.69) is 15.4 Å². The summed E-state index contributed by atoms with van der Waals surface area (Å²) in [5.74, 6) is -1.23. The number of rotatable bonds is 3. The molecule has 1 amide bonds. The molecule has 0 aliphatic heterocycles. The summed E-state index contributed by atoms with van der Waals surface area (Å²) in [6, 6.07) is 6.65. The van der Waals surface area contributed by atoms with Gasteiger partial charge in [-0.25, -0.2) is 4.98 Å². The van der Waals surface area contributed by atoms with E-state index in [1.54, 1.807) is 24.3 Å². The lowest BCUT2D eigenvalue weighted by Crippen LogP contribution is -2.34. The number of carbonyl (C=O) groups is 1. The molecule has 23 heavy (non-hydrogen) atoms. The van der Waals surface area contributed by atoms with Crippen LogP contribution in [0.5, 0.6) is 0 Å². The summed E-state index contributed by atoms with van der Waals surface area (Å²) < 4.78 is 37.4. The van der Waals surface area contributed by atoms with Crippen LogP contribution in [0, 0.1) is 5.41 Å². The van der Waals surface area contributed by atoms with Crippen molar-refractivity contribution in [1.29, 1.82) is 0 Å². The van der Waals surface area contributed by atoms with E-state index in [-0.39, 0.29) is 11.7 Å². The summed E-state index contributed by atoms with van der Waals surface area (Å²) in [6.45, 7) is 5.78. The molecule has 1 heterocycles. The number of benzene rings is 1. The summed E-state index contributed by atoms with van der Waals surface area (Å²) in [4.78, 5) is 15.2. The maximum atomic E-state index is 12.5. The lowest BCUT2D eigenvalue weighted by molar-refractivity contribution is -0.144. The molecule has 0 saturated carbocycles. The average molecular weight is 326 g/mol. The molecule has 0 aliphatic rings. The van der Waals surface area contributed by atoms with Crippen molar-refractivity contribution in [2.45, 2.75) is 33.5 Å². The second-order valence-electron chi connectivity index (χ2n) is 6.13. The Morgan fingerprint density at radius 2 is 1.78 bits per heavy atom. The molecule has 124 valence electrons. The number of aromatic nitrogens is 3. The molecule has 2 N–H and O–H groups in total. The van der Waals surface area contributed by atoms with Crippen molar-refractivity contribution in [2.75, 3.05) is 0 Å². The molecule has 0 spiro atoms. The van der Waals surface area contributed by atoms with Crippen LogP contribution in [-0.4, -0.2) is 21.1 Å². The van der Waals surface area contributed by atoms with Gasteiger partial charge in [-0.1, -0.05) is 45.0 Å². The standard InChI is InChI=1S/C15H17F3N4O/c1-14(2,3)13(23)19-8-9-4-6-10(7-5-9)11-20-12(22-21-11)15(16,17)18/h4-7H,8H2,1-3H3,(H,19,23)(H,20,21,22). The third-order valence-electron chi connectivity index (χ3n) is 3.10. The number of nitrogens with one attached hydrogen (secondary N) is 2. The molecule has 1 aromatic heterocycles. The van der Waals surface area contributed by atoms with Crippen molar-refractivity contribution in [1.82, 2.24) is 20.5 Å². The first kappa shape index (κ1) is 17.0. The van der Waals surface area contributed by atoms with E-state index in [0.717, 1.165) is 5.56 Å². The van der Waals surface area contributed by atoms with Crippen LogP contribution in [0.2, 0.25) is 0 Å². The molecule has 0 atom stereocenters. The van der Waals surface area contributed by atoms with Gasteiger partial charge >= 0.3 is 6.18 Å². The van der Waals surface area contributed by atoms with Crippen LogP contribution in [0.15, 0.2) is 24.3 Å². The molecule has 5 nitrogen and oxygen atoms in total. The molecule has 0 saturated heterocycles. The smallest absolute Gasteiger partial charge is 0.352 e. The van der Waals surface area contributed by atoms with E-state index in [9.17, 15) is 18.0 Å². The largest absolute Gasteiger partial charge is 0.451 e. The minimum Gasteiger partial charge on any atom is -0.352 e.